The first-order valence-corrected chi connectivity index (χ1v) is 25.0. The lowest BCUT2D eigenvalue weighted by atomic mass is 10.1. The van der Waals surface area contributed by atoms with Crippen LogP contribution in [0.3, 0.4) is 0 Å². The van der Waals surface area contributed by atoms with Crippen molar-refractivity contribution in [3.05, 3.63) is 72.9 Å². The summed E-state index contributed by atoms with van der Waals surface area (Å²) in [6.07, 6.45) is 56.6. The molecule has 0 bridgehead atoms. The van der Waals surface area contributed by atoms with E-state index in [0.29, 0.717) is 12.8 Å². The Morgan fingerprint density at radius 1 is 0.500 bits per heavy atom. The van der Waals surface area contributed by atoms with E-state index >= 15 is 0 Å². The maximum Gasteiger partial charge on any atom is 0.306 e. The van der Waals surface area contributed by atoms with E-state index in [1.165, 1.54) is 103 Å². The molecule has 8 heteroatoms. The fraction of sp³-hybridized carbons (Fsp3) is 0.722. The summed E-state index contributed by atoms with van der Waals surface area (Å²) in [6, 6.07) is -0.738. The number of carboxylic acid groups (broad SMARTS) is 1. The molecule has 62 heavy (non-hydrogen) atoms. The summed E-state index contributed by atoms with van der Waals surface area (Å²) in [7, 11) is 5.39. The summed E-state index contributed by atoms with van der Waals surface area (Å²) >= 11 is 0. The van der Waals surface area contributed by atoms with Gasteiger partial charge in [-0.25, -0.2) is 0 Å². The van der Waals surface area contributed by atoms with Gasteiger partial charge in [-0.05, 0) is 77.0 Å². The molecule has 0 rings (SSSR count). The fourth-order valence-electron chi connectivity index (χ4n) is 6.98. The van der Waals surface area contributed by atoms with Crippen LogP contribution in [0.4, 0.5) is 0 Å². The number of likely N-dealkylation sites (N-methyl/N-ethyl adjacent to an activating group) is 1. The molecule has 0 amide bonds. The molecule has 0 heterocycles. The number of rotatable bonds is 44. The lowest BCUT2D eigenvalue weighted by molar-refractivity contribution is -0.889. The van der Waals surface area contributed by atoms with E-state index in [-0.39, 0.29) is 49.1 Å². The van der Waals surface area contributed by atoms with Gasteiger partial charge in [-0.15, -0.1) is 0 Å². The van der Waals surface area contributed by atoms with Crippen molar-refractivity contribution in [2.75, 3.05) is 41.0 Å². The molecular formula is C54H93NO7. The number of unbranched alkanes of at least 4 members (excludes halogenated alkanes) is 18. The molecule has 0 aliphatic rings. The van der Waals surface area contributed by atoms with Crippen molar-refractivity contribution in [3.63, 3.8) is 0 Å². The highest BCUT2D eigenvalue weighted by atomic mass is 16.6. The van der Waals surface area contributed by atoms with Gasteiger partial charge in [0.25, 0.3) is 0 Å². The van der Waals surface area contributed by atoms with Crippen molar-refractivity contribution in [3.8, 4) is 0 Å². The fourth-order valence-corrected chi connectivity index (χ4v) is 6.98. The monoisotopic (exact) mass is 868 g/mol. The molecular weight excluding hydrogens is 775 g/mol. The van der Waals surface area contributed by atoms with Crippen molar-refractivity contribution >= 4 is 17.9 Å². The summed E-state index contributed by atoms with van der Waals surface area (Å²) in [5.41, 5.74) is 0. The van der Waals surface area contributed by atoms with E-state index in [1.54, 1.807) is 21.1 Å². The number of hydrogen-bond acceptors (Lipinski definition) is 7. The molecule has 8 nitrogen and oxygen atoms in total. The van der Waals surface area contributed by atoms with Crippen LogP contribution in [-0.2, 0) is 28.6 Å². The van der Waals surface area contributed by atoms with Crippen molar-refractivity contribution in [1.82, 2.24) is 0 Å². The molecule has 2 atom stereocenters. The molecule has 0 aromatic heterocycles. The van der Waals surface area contributed by atoms with Gasteiger partial charge in [0, 0.05) is 19.3 Å². The van der Waals surface area contributed by atoms with Crippen LogP contribution in [0.2, 0.25) is 0 Å². The molecule has 0 aromatic rings. The van der Waals surface area contributed by atoms with Crippen LogP contribution in [0.1, 0.15) is 200 Å². The Hall–Kier alpha value is -3.23. The molecule has 0 fully saturated rings. The van der Waals surface area contributed by atoms with Gasteiger partial charge in [-0.2, -0.15) is 0 Å². The highest BCUT2D eigenvalue weighted by Gasteiger charge is 2.25. The highest BCUT2D eigenvalue weighted by Crippen LogP contribution is 2.14. The number of carboxylic acids is 1. The first-order chi connectivity index (χ1) is 30.1. The van der Waals surface area contributed by atoms with Gasteiger partial charge in [0.2, 0.25) is 0 Å². The summed E-state index contributed by atoms with van der Waals surface area (Å²) in [4.78, 5) is 37.0. The topological polar surface area (TPSA) is 102 Å². The normalized spacial score (nSPS) is 13.5. The van der Waals surface area contributed by atoms with Gasteiger partial charge in [-0.1, -0.05) is 177 Å². The zero-order chi connectivity index (χ0) is 45.6. The van der Waals surface area contributed by atoms with Crippen molar-refractivity contribution in [2.24, 2.45) is 0 Å². The summed E-state index contributed by atoms with van der Waals surface area (Å²) in [6.45, 7) is 4.49. The minimum Gasteiger partial charge on any atom is -0.544 e. The largest absolute Gasteiger partial charge is 0.544 e. The first-order valence-electron chi connectivity index (χ1n) is 25.0. The third-order valence-corrected chi connectivity index (χ3v) is 10.8. The standard InChI is InChI=1S/C54H93NO7/c1-6-8-10-12-14-16-18-20-22-24-25-26-27-29-31-33-35-37-39-41-43-45-53(57)62-50(48-60-47-46-51(54(58)59)55(3,4)5)49-61-52(56)44-42-40-38-36-34-32-30-28-23-21-19-17-15-13-11-9-7-2/h9,11,15,17,21,23,26-27,30,32,36,38,50-51H,6-8,10,12-14,16,18-20,22,24-25,28-29,31,33-35,37,39-49H2,1-5H3/b11-9+,17-15+,23-21+,27-26+,32-30+,38-36+. The maximum absolute atomic E-state index is 12.8. The lowest BCUT2D eigenvalue weighted by Crippen LogP contribution is -2.55. The van der Waals surface area contributed by atoms with Gasteiger partial charge < -0.3 is 28.6 Å². The van der Waals surface area contributed by atoms with E-state index in [4.69, 9.17) is 14.2 Å². The van der Waals surface area contributed by atoms with Gasteiger partial charge >= 0.3 is 11.9 Å². The second kappa shape index (κ2) is 44.4. The van der Waals surface area contributed by atoms with Gasteiger partial charge in [-0.3, -0.25) is 9.59 Å². The highest BCUT2D eigenvalue weighted by molar-refractivity contribution is 5.70. The van der Waals surface area contributed by atoms with E-state index < -0.39 is 18.1 Å². The maximum atomic E-state index is 12.8. The van der Waals surface area contributed by atoms with Crippen LogP contribution in [0.5, 0.6) is 0 Å². The molecule has 0 aromatic carbocycles. The second-order valence-corrected chi connectivity index (χ2v) is 17.7. The zero-order valence-corrected chi connectivity index (χ0v) is 40.5. The number of carbonyl (C=O) groups is 3. The summed E-state index contributed by atoms with van der Waals surface area (Å²) < 4.78 is 17.2. The minimum absolute atomic E-state index is 0.0183. The number of allylic oxidation sites excluding steroid dienone is 12. The number of nitrogens with zero attached hydrogens (tertiary/aromatic N) is 1. The quantitative estimate of drug-likeness (QED) is 0.0260. The van der Waals surface area contributed by atoms with E-state index in [2.05, 4.69) is 86.8 Å². The Balaban J connectivity index is 4.35. The lowest BCUT2D eigenvalue weighted by Gasteiger charge is -2.34. The molecule has 0 spiro atoms. The van der Waals surface area contributed by atoms with Gasteiger partial charge in [0.15, 0.2) is 6.10 Å². The average Bonchev–Trinajstić information content (AvgIpc) is 3.23. The Kier molecular flexibility index (Phi) is 42.1. The molecule has 0 radical (unpaired) electrons. The molecule has 0 N–H and O–H groups in total. The molecule has 356 valence electrons. The Morgan fingerprint density at radius 3 is 1.40 bits per heavy atom. The van der Waals surface area contributed by atoms with Gasteiger partial charge in [0.05, 0.1) is 40.3 Å². The SMILES string of the molecule is CC/C=C/C/C=C/C/C=C/C/C=C/C/C=C/CCCC(=O)OCC(COCCC(C(=O)[O-])[N+](C)(C)C)OC(=O)CCCCCCCCC/C=C/CCCCCCCCCCCC. The number of quaternary nitrogens is 1. The molecule has 0 saturated heterocycles. The predicted octanol–water partition coefficient (Wildman–Crippen LogP) is 13.0. The minimum atomic E-state index is -1.13. The van der Waals surface area contributed by atoms with E-state index in [0.717, 1.165) is 57.8 Å². The Labute approximate surface area is 381 Å². The average molecular weight is 868 g/mol. The molecule has 0 aliphatic carbocycles. The van der Waals surface area contributed by atoms with Crippen LogP contribution in [0, 0.1) is 0 Å². The number of hydrogen-bond donors (Lipinski definition) is 0. The van der Waals surface area contributed by atoms with Crippen LogP contribution in [0.15, 0.2) is 72.9 Å². The molecule has 2 unspecified atom stereocenters. The van der Waals surface area contributed by atoms with Crippen LogP contribution >= 0.6 is 0 Å². The summed E-state index contributed by atoms with van der Waals surface area (Å²) in [5, 5.41) is 11.7. The van der Waals surface area contributed by atoms with E-state index in [1.807, 2.05) is 0 Å². The third-order valence-electron chi connectivity index (χ3n) is 10.8. The van der Waals surface area contributed by atoms with Crippen molar-refractivity contribution in [2.45, 2.75) is 212 Å². The molecule has 0 saturated carbocycles. The van der Waals surface area contributed by atoms with Gasteiger partial charge in [0.1, 0.15) is 12.6 Å². The molecule has 0 aliphatic heterocycles. The van der Waals surface area contributed by atoms with Crippen molar-refractivity contribution in [1.29, 1.82) is 0 Å². The second-order valence-electron chi connectivity index (χ2n) is 17.7. The van der Waals surface area contributed by atoms with Crippen LogP contribution in [0.25, 0.3) is 0 Å². The zero-order valence-electron chi connectivity index (χ0n) is 40.5. The Morgan fingerprint density at radius 2 is 0.919 bits per heavy atom. The number of esters is 2. The predicted molar refractivity (Wildman–Crippen MR) is 259 cm³/mol. The number of aliphatic carboxylic acids is 1. The number of carbonyl (C=O) groups excluding carboxylic acids is 3. The van der Waals surface area contributed by atoms with Crippen LogP contribution < -0.4 is 5.11 Å². The first kappa shape index (κ1) is 58.8. The Bertz CT molecular complexity index is 1240. The smallest absolute Gasteiger partial charge is 0.306 e. The van der Waals surface area contributed by atoms with E-state index in [9.17, 15) is 19.5 Å². The summed E-state index contributed by atoms with van der Waals surface area (Å²) in [5.74, 6) is -1.82. The number of ether oxygens (including phenoxy) is 3. The van der Waals surface area contributed by atoms with Crippen LogP contribution in [-0.4, -0.2) is 75.5 Å². The van der Waals surface area contributed by atoms with Crippen molar-refractivity contribution < 1.29 is 38.2 Å². The third kappa shape index (κ3) is 42.1.